The lowest BCUT2D eigenvalue weighted by Crippen LogP contribution is -2.18. The van der Waals surface area contributed by atoms with E-state index < -0.39 is 5.91 Å². The van der Waals surface area contributed by atoms with Crippen LogP contribution in [0.15, 0.2) is 24.3 Å². The van der Waals surface area contributed by atoms with E-state index in [9.17, 15) is 9.59 Å². The van der Waals surface area contributed by atoms with Crippen molar-refractivity contribution in [1.82, 2.24) is 0 Å². The van der Waals surface area contributed by atoms with E-state index in [0.717, 1.165) is 31.2 Å². The van der Waals surface area contributed by atoms with E-state index in [1.165, 1.54) is 28.2 Å². The number of hydrogen-bond donors (Lipinski definition) is 2. The van der Waals surface area contributed by atoms with Crippen LogP contribution in [0.5, 0.6) is 0 Å². The summed E-state index contributed by atoms with van der Waals surface area (Å²) in [7, 11) is 0. The quantitative estimate of drug-likeness (QED) is 0.771. The fourth-order valence-electron chi connectivity index (χ4n) is 3.39. The highest BCUT2D eigenvalue weighted by Crippen LogP contribution is 2.37. The summed E-state index contributed by atoms with van der Waals surface area (Å²) in [5, 5.41) is 3.51. The zero-order valence-electron chi connectivity index (χ0n) is 15.6. The fourth-order valence-corrected chi connectivity index (χ4v) is 4.68. The Morgan fingerprint density at radius 1 is 1.04 bits per heavy atom. The molecule has 1 heterocycles. The first-order valence-electron chi connectivity index (χ1n) is 9.13. The number of carbonyl (C=O) groups is 2. The number of aryl methyl sites for hydroxylation is 1. The standard InChI is InChI=1S/C21H26N2O2S/c1-21(2,3)14-11-9-13(10-12-14)19(25)23-20-17(18(22)24)15-7-5-4-6-8-16(15)26-20/h9-12H,4-8H2,1-3H3,(H2,22,24)(H,23,25). The van der Waals surface area contributed by atoms with Gasteiger partial charge in [0.2, 0.25) is 0 Å². The predicted octanol–water partition coefficient (Wildman–Crippen LogP) is 4.67. The molecule has 0 saturated carbocycles. The number of anilines is 1. The van der Waals surface area contributed by atoms with Crippen molar-refractivity contribution in [3.05, 3.63) is 51.4 Å². The first kappa shape index (κ1) is 18.6. The molecule has 0 unspecified atom stereocenters. The number of benzene rings is 1. The summed E-state index contributed by atoms with van der Waals surface area (Å²) in [6.45, 7) is 6.42. The number of nitrogens with two attached hydrogens (primary N) is 1. The molecule has 3 rings (SSSR count). The molecule has 0 bridgehead atoms. The minimum Gasteiger partial charge on any atom is -0.365 e. The van der Waals surface area contributed by atoms with Crippen LogP contribution in [0.4, 0.5) is 5.00 Å². The summed E-state index contributed by atoms with van der Waals surface area (Å²) in [6, 6.07) is 7.62. The summed E-state index contributed by atoms with van der Waals surface area (Å²) in [5.74, 6) is -0.660. The maximum atomic E-state index is 12.7. The zero-order valence-corrected chi connectivity index (χ0v) is 16.5. The smallest absolute Gasteiger partial charge is 0.256 e. The molecule has 0 aliphatic heterocycles. The number of nitrogens with one attached hydrogen (secondary N) is 1. The van der Waals surface area contributed by atoms with Crippen LogP contribution in [-0.4, -0.2) is 11.8 Å². The van der Waals surface area contributed by atoms with Crippen LogP contribution in [0.1, 0.15) is 76.8 Å². The molecule has 0 radical (unpaired) electrons. The third-order valence-electron chi connectivity index (χ3n) is 4.91. The number of primary amides is 1. The third-order valence-corrected chi connectivity index (χ3v) is 6.12. The molecule has 1 aliphatic carbocycles. The van der Waals surface area contributed by atoms with Gasteiger partial charge in [-0.25, -0.2) is 0 Å². The van der Waals surface area contributed by atoms with E-state index in [2.05, 4.69) is 26.1 Å². The van der Waals surface area contributed by atoms with Crippen LogP contribution in [0.25, 0.3) is 0 Å². The Labute approximate surface area is 158 Å². The van der Waals surface area contributed by atoms with Gasteiger partial charge in [-0.15, -0.1) is 11.3 Å². The molecule has 0 atom stereocenters. The number of carbonyl (C=O) groups excluding carboxylic acids is 2. The van der Waals surface area contributed by atoms with Gasteiger partial charge in [0.05, 0.1) is 5.56 Å². The normalized spacial score (nSPS) is 14.4. The van der Waals surface area contributed by atoms with E-state index in [0.29, 0.717) is 16.1 Å². The van der Waals surface area contributed by atoms with Gasteiger partial charge in [-0.1, -0.05) is 39.3 Å². The minimum atomic E-state index is -0.456. The van der Waals surface area contributed by atoms with Gasteiger partial charge in [0.25, 0.3) is 11.8 Å². The number of rotatable bonds is 3. The molecule has 0 fully saturated rings. The lowest BCUT2D eigenvalue weighted by Gasteiger charge is -2.19. The molecule has 2 aromatic rings. The van der Waals surface area contributed by atoms with Crippen LogP contribution in [0, 0.1) is 0 Å². The van der Waals surface area contributed by atoms with Gasteiger partial charge < -0.3 is 11.1 Å². The maximum Gasteiger partial charge on any atom is 0.256 e. The van der Waals surface area contributed by atoms with Crippen molar-refractivity contribution < 1.29 is 9.59 Å². The van der Waals surface area contributed by atoms with Crippen LogP contribution in [0.3, 0.4) is 0 Å². The molecule has 3 N–H and O–H groups in total. The number of fused-ring (bicyclic) bond motifs is 1. The Kier molecular flexibility index (Phi) is 5.19. The summed E-state index contributed by atoms with van der Waals surface area (Å²) in [6.07, 6.45) is 5.16. The highest BCUT2D eigenvalue weighted by molar-refractivity contribution is 7.17. The highest BCUT2D eigenvalue weighted by Gasteiger charge is 2.24. The minimum absolute atomic E-state index is 0.0411. The van der Waals surface area contributed by atoms with Crippen LogP contribution in [0.2, 0.25) is 0 Å². The monoisotopic (exact) mass is 370 g/mol. The second-order valence-electron chi connectivity index (χ2n) is 7.91. The average Bonchev–Trinajstić information content (AvgIpc) is 2.75. The molecule has 1 aliphatic rings. The van der Waals surface area contributed by atoms with E-state index in [-0.39, 0.29) is 11.3 Å². The SMILES string of the molecule is CC(C)(C)c1ccc(C(=O)Nc2sc3c(c2C(N)=O)CCCCC3)cc1. The first-order chi connectivity index (χ1) is 12.3. The van der Waals surface area contributed by atoms with E-state index >= 15 is 0 Å². The molecule has 1 aromatic heterocycles. The highest BCUT2D eigenvalue weighted by atomic mass is 32.1. The van der Waals surface area contributed by atoms with Crippen molar-refractivity contribution in [3.63, 3.8) is 0 Å². The predicted molar refractivity (Wildman–Crippen MR) is 107 cm³/mol. The molecular formula is C21H26N2O2S. The van der Waals surface area contributed by atoms with Crippen molar-refractivity contribution in [2.45, 2.75) is 58.3 Å². The number of hydrogen-bond acceptors (Lipinski definition) is 3. The van der Waals surface area contributed by atoms with Crippen molar-refractivity contribution >= 4 is 28.2 Å². The second kappa shape index (κ2) is 7.23. The Balaban J connectivity index is 1.86. The second-order valence-corrected chi connectivity index (χ2v) is 9.02. The molecule has 26 heavy (non-hydrogen) atoms. The van der Waals surface area contributed by atoms with E-state index in [1.54, 1.807) is 0 Å². The summed E-state index contributed by atoms with van der Waals surface area (Å²) in [5.41, 5.74) is 8.98. The molecule has 0 spiro atoms. The lowest BCUT2D eigenvalue weighted by atomic mass is 9.87. The van der Waals surface area contributed by atoms with Gasteiger partial charge in [-0.2, -0.15) is 0 Å². The Morgan fingerprint density at radius 3 is 2.31 bits per heavy atom. The summed E-state index contributed by atoms with van der Waals surface area (Å²) in [4.78, 5) is 25.9. The first-order valence-corrected chi connectivity index (χ1v) is 9.95. The third kappa shape index (κ3) is 3.83. The van der Waals surface area contributed by atoms with Gasteiger partial charge in [0.1, 0.15) is 5.00 Å². The molecule has 0 saturated heterocycles. The molecule has 4 nitrogen and oxygen atoms in total. The fraction of sp³-hybridized carbons (Fsp3) is 0.429. The largest absolute Gasteiger partial charge is 0.365 e. The molecule has 138 valence electrons. The van der Waals surface area contributed by atoms with E-state index in [1.807, 2.05) is 24.3 Å². The Morgan fingerprint density at radius 2 is 1.69 bits per heavy atom. The number of thiophene rings is 1. The number of amides is 2. The summed E-state index contributed by atoms with van der Waals surface area (Å²) >= 11 is 1.50. The Hall–Kier alpha value is -2.14. The van der Waals surface area contributed by atoms with Gasteiger partial charge in [0, 0.05) is 10.4 Å². The van der Waals surface area contributed by atoms with Crippen LogP contribution < -0.4 is 11.1 Å². The van der Waals surface area contributed by atoms with Crippen molar-refractivity contribution in [3.8, 4) is 0 Å². The molecule has 1 aromatic carbocycles. The van der Waals surface area contributed by atoms with Crippen LogP contribution in [-0.2, 0) is 18.3 Å². The molecule has 5 heteroatoms. The van der Waals surface area contributed by atoms with Crippen molar-refractivity contribution in [2.75, 3.05) is 5.32 Å². The van der Waals surface area contributed by atoms with Crippen molar-refractivity contribution in [2.24, 2.45) is 5.73 Å². The van der Waals surface area contributed by atoms with Gasteiger partial charge in [-0.3, -0.25) is 9.59 Å². The molecule has 2 amide bonds. The summed E-state index contributed by atoms with van der Waals surface area (Å²) < 4.78 is 0. The van der Waals surface area contributed by atoms with Crippen LogP contribution >= 0.6 is 11.3 Å². The zero-order chi connectivity index (χ0) is 18.9. The maximum absolute atomic E-state index is 12.7. The van der Waals surface area contributed by atoms with Gasteiger partial charge >= 0.3 is 0 Å². The topological polar surface area (TPSA) is 72.2 Å². The van der Waals surface area contributed by atoms with E-state index in [4.69, 9.17) is 5.73 Å². The molecular weight excluding hydrogens is 344 g/mol. The average molecular weight is 371 g/mol. The van der Waals surface area contributed by atoms with Gasteiger partial charge in [-0.05, 0) is 54.4 Å². The van der Waals surface area contributed by atoms with Crippen molar-refractivity contribution in [1.29, 1.82) is 0 Å². The van der Waals surface area contributed by atoms with Gasteiger partial charge in [0.15, 0.2) is 0 Å². The lowest BCUT2D eigenvalue weighted by molar-refractivity contribution is 0.100. The Bertz CT molecular complexity index is 829.